The first kappa shape index (κ1) is 17.8. The van der Waals surface area contributed by atoms with Crippen molar-refractivity contribution in [2.75, 3.05) is 23.4 Å². The fourth-order valence-electron chi connectivity index (χ4n) is 2.92. The Hall–Kier alpha value is -1.56. The minimum Gasteiger partial charge on any atom is -0.370 e. The number of hydrogen-bond acceptors (Lipinski definition) is 3. The van der Waals surface area contributed by atoms with Crippen LogP contribution in [0, 0.1) is 5.92 Å². The Morgan fingerprint density at radius 3 is 2.30 bits per heavy atom. The molecule has 0 saturated carbocycles. The molecule has 128 valence electrons. The highest BCUT2D eigenvalue weighted by molar-refractivity contribution is 7.91. The molecular formula is C17H27N3O2S. The Bertz CT molecular complexity index is 632. The smallest absolute Gasteiger partial charge is 0.193 e. The van der Waals surface area contributed by atoms with Gasteiger partial charge in [0.05, 0.1) is 11.5 Å². The van der Waals surface area contributed by atoms with E-state index >= 15 is 0 Å². The quantitative estimate of drug-likeness (QED) is 0.638. The number of hydrogen-bond donors (Lipinski definition) is 2. The zero-order valence-corrected chi connectivity index (χ0v) is 14.8. The zero-order valence-electron chi connectivity index (χ0n) is 14.0. The molecule has 1 aromatic carbocycles. The van der Waals surface area contributed by atoms with Gasteiger partial charge in [-0.1, -0.05) is 32.0 Å². The predicted octanol–water partition coefficient (Wildman–Crippen LogP) is 2.36. The number of benzene rings is 1. The molecule has 0 aromatic heterocycles. The topological polar surface area (TPSA) is 84.5 Å². The van der Waals surface area contributed by atoms with Gasteiger partial charge in [-0.25, -0.2) is 8.42 Å². The number of nitrogens with one attached hydrogen (secondary N) is 1. The van der Waals surface area contributed by atoms with E-state index in [1.54, 1.807) is 0 Å². The van der Waals surface area contributed by atoms with Crippen LogP contribution < -0.4 is 11.1 Å². The number of aryl methyl sites for hydroxylation is 2. The number of nitrogens with two attached hydrogens (primary N) is 1. The van der Waals surface area contributed by atoms with Crippen molar-refractivity contribution in [2.45, 2.75) is 39.5 Å². The summed E-state index contributed by atoms with van der Waals surface area (Å²) in [5, 5.41) is 3.25. The van der Waals surface area contributed by atoms with Crippen LogP contribution >= 0.6 is 0 Å². The summed E-state index contributed by atoms with van der Waals surface area (Å²) in [6.45, 7) is 4.83. The molecule has 0 radical (unpaired) electrons. The Labute approximate surface area is 139 Å². The number of anilines is 1. The van der Waals surface area contributed by atoms with Crippen LogP contribution in [0.3, 0.4) is 0 Å². The average Bonchev–Trinajstić information content (AvgIpc) is 2.54. The molecule has 1 aliphatic rings. The van der Waals surface area contributed by atoms with Crippen LogP contribution in [0.25, 0.3) is 0 Å². The number of guanidine groups is 1. The average molecular weight is 337 g/mol. The van der Waals surface area contributed by atoms with Crippen LogP contribution in [0.2, 0.25) is 0 Å². The third-order valence-corrected chi connectivity index (χ3v) is 6.16. The zero-order chi connectivity index (χ0) is 16.9. The summed E-state index contributed by atoms with van der Waals surface area (Å²) in [6, 6.07) is 6.26. The molecule has 0 atom stereocenters. The normalized spacial score (nSPS) is 18.8. The lowest BCUT2D eigenvalue weighted by atomic mass is 10.0. The van der Waals surface area contributed by atoms with E-state index in [9.17, 15) is 8.42 Å². The molecular weight excluding hydrogens is 310 g/mol. The van der Waals surface area contributed by atoms with Gasteiger partial charge in [-0.2, -0.15) is 0 Å². The largest absolute Gasteiger partial charge is 0.370 e. The fraction of sp³-hybridized carbons (Fsp3) is 0.588. The number of rotatable bonds is 5. The summed E-state index contributed by atoms with van der Waals surface area (Å²) in [4.78, 5) is 4.43. The molecule has 1 fully saturated rings. The first-order valence-corrected chi connectivity index (χ1v) is 10.2. The minimum absolute atomic E-state index is 0.277. The Morgan fingerprint density at radius 2 is 1.78 bits per heavy atom. The van der Waals surface area contributed by atoms with Crippen molar-refractivity contribution in [1.29, 1.82) is 0 Å². The molecule has 2 rings (SSSR count). The van der Waals surface area contributed by atoms with E-state index in [0.717, 1.165) is 18.5 Å². The van der Waals surface area contributed by atoms with E-state index < -0.39 is 9.84 Å². The molecule has 3 N–H and O–H groups in total. The van der Waals surface area contributed by atoms with E-state index in [1.165, 1.54) is 11.1 Å². The molecule has 6 heteroatoms. The van der Waals surface area contributed by atoms with Crippen LogP contribution in [-0.2, 0) is 22.7 Å². The van der Waals surface area contributed by atoms with Crippen molar-refractivity contribution in [2.24, 2.45) is 16.6 Å². The minimum atomic E-state index is -2.82. The predicted molar refractivity (Wildman–Crippen MR) is 96.7 cm³/mol. The van der Waals surface area contributed by atoms with Gasteiger partial charge >= 0.3 is 0 Å². The first-order valence-electron chi connectivity index (χ1n) is 8.33. The highest BCUT2D eigenvalue weighted by Gasteiger charge is 2.23. The van der Waals surface area contributed by atoms with Gasteiger partial charge in [0, 0.05) is 12.2 Å². The number of para-hydroxylation sites is 1. The van der Waals surface area contributed by atoms with Gasteiger partial charge in [0.1, 0.15) is 9.84 Å². The van der Waals surface area contributed by atoms with Crippen LogP contribution in [0.1, 0.15) is 37.8 Å². The van der Waals surface area contributed by atoms with Gasteiger partial charge in [-0.3, -0.25) is 4.99 Å². The Morgan fingerprint density at radius 1 is 1.22 bits per heavy atom. The van der Waals surface area contributed by atoms with E-state index in [1.807, 2.05) is 0 Å². The van der Waals surface area contributed by atoms with Crippen molar-refractivity contribution in [3.63, 3.8) is 0 Å². The van der Waals surface area contributed by atoms with Gasteiger partial charge in [-0.05, 0) is 42.7 Å². The Balaban J connectivity index is 2.00. The molecule has 1 heterocycles. The lowest BCUT2D eigenvalue weighted by Gasteiger charge is -2.20. The van der Waals surface area contributed by atoms with E-state index in [0.29, 0.717) is 31.3 Å². The van der Waals surface area contributed by atoms with Crippen molar-refractivity contribution in [3.8, 4) is 0 Å². The summed E-state index contributed by atoms with van der Waals surface area (Å²) < 4.78 is 22.9. The first-order chi connectivity index (χ1) is 10.9. The summed E-state index contributed by atoms with van der Waals surface area (Å²) in [5.41, 5.74) is 9.56. The lowest BCUT2D eigenvalue weighted by Crippen LogP contribution is -2.28. The Kier molecular flexibility index (Phi) is 6.04. The standard InChI is InChI=1S/C17H27N3O2S/c1-3-14-6-5-7-15(4-2)16(14)20-17(18)19-12-13-8-10-23(21,22)11-9-13/h5-7,13H,3-4,8-12H2,1-2H3,(H3,18,19,20). The molecule has 1 aromatic rings. The summed E-state index contributed by atoms with van der Waals surface area (Å²) >= 11 is 0. The SMILES string of the molecule is CCc1cccc(CC)c1NC(N)=NCC1CCS(=O)(=O)CC1. The summed E-state index contributed by atoms with van der Waals surface area (Å²) in [7, 11) is -2.82. The van der Waals surface area contributed by atoms with Gasteiger partial charge in [0.15, 0.2) is 5.96 Å². The second kappa shape index (κ2) is 7.81. The second-order valence-electron chi connectivity index (χ2n) is 6.10. The third-order valence-electron chi connectivity index (χ3n) is 4.45. The number of aliphatic imine (C=N–C) groups is 1. The van der Waals surface area contributed by atoms with E-state index in [-0.39, 0.29) is 11.5 Å². The highest BCUT2D eigenvalue weighted by atomic mass is 32.2. The van der Waals surface area contributed by atoms with Crippen LogP contribution in [-0.4, -0.2) is 32.4 Å². The molecule has 23 heavy (non-hydrogen) atoms. The maximum absolute atomic E-state index is 11.4. The molecule has 0 aliphatic carbocycles. The van der Waals surface area contributed by atoms with Gasteiger partial charge in [0.2, 0.25) is 0 Å². The van der Waals surface area contributed by atoms with Crippen molar-refractivity contribution >= 4 is 21.5 Å². The summed E-state index contributed by atoms with van der Waals surface area (Å²) in [6.07, 6.45) is 3.24. The summed E-state index contributed by atoms with van der Waals surface area (Å²) in [5.74, 6) is 1.28. The number of nitrogens with zero attached hydrogens (tertiary/aromatic N) is 1. The fourth-order valence-corrected chi connectivity index (χ4v) is 4.51. The van der Waals surface area contributed by atoms with E-state index in [2.05, 4.69) is 42.4 Å². The lowest BCUT2D eigenvalue weighted by molar-refractivity contribution is 0.475. The molecule has 0 spiro atoms. The van der Waals surface area contributed by atoms with Crippen molar-refractivity contribution in [1.82, 2.24) is 0 Å². The number of sulfone groups is 1. The molecule has 1 aliphatic heterocycles. The highest BCUT2D eigenvalue weighted by Crippen LogP contribution is 2.23. The monoisotopic (exact) mass is 337 g/mol. The second-order valence-corrected chi connectivity index (χ2v) is 8.41. The van der Waals surface area contributed by atoms with Crippen LogP contribution in [0.15, 0.2) is 23.2 Å². The van der Waals surface area contributed by atoms with Crippen molar-refractivity contribution < 1.29 is 8.42 Å². The van der Waals surface area contributed by atoms with Crippen LogP contribution in [0.4, 0.5) is 5.69 Å². The maximum Gasteiger partial charge on any atom is 0.193 e. The molecule has 0 bridgehead atoms. The molecule has 0 unspecified atom stereocenters. The van der Waals surface area contributed by atoms with Crippen molar-refractivity contribution in [3.05, 3.63) is 29.3 Å². The third kappa shape index (κ3) is 4.96. The van der Waals surface area contributed by atoms with E-state index in [4.69, 9.17) is 5.73 Å². The van der Waals surface area contributed by atoms with Crippen LogP contribution in [0.5, 0.6) is 0 Å². The maximum atomic E-state index is 11.4. The molecule has 1 saturated heterocycles. The van der Waals surface area contributed by atoms with Gasteiger partial charge in [0.25, 0.3) is 0 Å². The molecule has 5 nitrogen and oxygen atoms in total. The van der Waals surface area contributed by atoms with Gasteiger partial charge < -0.3 is 11.1 Å². The molecule has 0 amide bonds. The van der Waals surface area contributed by atoms with Gasteiger partial charge in [-0.15, -0.1) is 0 Å².